The van der Waals surface area contributed by atoms with Crippen molar-refractivity contribution in [1.82, 2.24) is 14.6 Å². The summed E-state index contributed by atoms with van der Waals surface area (Å²) in [6.45, 7) is 3.31. The lowest BCUT2D eigenvalue weighted by Gasteiger charge is -2.31. The lowest BCUT2D eigenvalue weighted by molar-refractivity contribution is -0.274. The number of nitrogens with one attached hydrogen (secondary N) is 2. The number of hydrogen-bond acceptors (Lipinski definition) is 9. The molecule has 2 heterocycles. The lowest BCUT2D eigenvalue weighted by atomic mass is 9.95. The molecule has 11 nitrogen and oxygen atoms in total. The van der Waals surface area contributed by atoms with Crippen LogP contribution in [0.4, 0.5) is 17.6 Å². The van der Waals surface area contributed by atoms with Crippen LogP contribution in [0.2, 0.25) is 0 Å². The van der Waals surface area contributed by atoms with Gasteiger partial charge in [-0.25, -0.2) is 13.8 Å². The minimum atomic E-state index is -5.71. The van der Waals surface area contributed by atoms with Gasteiger partial charge in [0.05, 0.1) is 12.7 Å². The second-order valence-corrected chi connectivity index (χ2v) is 10.9. The highest BCUT2D eigenvalue weighted by molar-refractivity contribution is 7.71. The van der Waals surface area contributed by atoms with E-state index in [-0.39, 0.29) is 15.0 Å². The van der Waals surface area contributed by atoms with Crippen molar-refractivity contribution in [3.8, 4) is 5.75 Å². The van der Waals surface area contributed by atoms with Crippen LogP contribution in [0.3, 0.4) is 0 Å². The minimum absolute atomic E-state index is 0.00949. The number of ether oxygens (including phenoxy) is 2. The molecule has 0 bridgehead atoms. The predicted molar refractivity (Wildman–Crippen MR) is 130 cm³/mol. The van der Waals surface area contributed by atoms with E-state index in [2.05, 4.69) is 5.09 Å². The van der Waals surface area contributed by atoms with Crippen molar-refractivity contribution in [2.75, 3.05) is 6.61 Å². The molecule has 1 aromatic carbocycles. The first-order chi connectivity index (χ1) is 18.1. The number of benzene rings is 1. The van der Waals surface area contributed by atoms with Crippen molar-refractivity contribution in [1.29, 1.82) is 0 Å². The Morgan fingerprint density at radius 1 is 1.28 bits per heavy atom. The standard InChI is InChI=1S/C22H26F4N3O8PS/c1-12(2)35-18(31)13(3)28-38(33,37-14-7-5-4-6-8-14)34-11-15-17(30)21(23,22(24,25)26)19(36-15)29-10-9-16(39)27-20(29)32/h4-10,12-13,15,17,19,30H,11H2,1-3H3,(H,28,33)(H,27,32,39)/t13-,15+,17?,19+,21+,38?/m0/s1. The Hall–Kier alpha value is -2.62. The van der Waals surface area contributed by atoms with Gasteiger partial charge >= 0.3 is 25.6 Å². The molecule has 1 aromatic heterocycles. The van der Waals surface area contributed by atoms with Gasteiger partial charge in [0.25, 0.3) is 5.67 Å². The number of aliphatic hydroxyl groups excluding tert-OH is 1. The summed E-state index contributed by atoms with van der Waals surface area (Å²) >= 11 is 4.74. The monoisotopic (exact) mass is 599 g/mol. The Balaban J connectivity index is 1.90. The Kier molecular flexibility index (Phi) is 9.40. The zero-order valence-corrected chi connectivity index (χ0v) is 22.5. The summed E-state index contributed by atoms with van der Waals surface area (Å²) in [5.74, 6) is -0.854. The van der Waals surface area contributed by atoms with Crippen molar-refractivity contribution in [3.63, 3.8) is 0 Å². The molecule has 0 saturated carbocycles. The Morgan fingerprint density at radius 3 is 2.49 bits per heavy atom. The molecule has 1 aliphatic rings. The summed E-state index contributed by atoms with van der Waals surface area (Å²) < 4.78 is 91.7. The van der Waals surface area contributed by atoms with Gasteiger partial charge in [-0.3, -0.25) is 18.9 Å². The van der Waals surface area contributed by atoms with Crippen LogP contribution in [0.5, 0.6) is 5.75 Å². The third kappa shape index (κ3) is 6.94. The van der Waals surface area contributed by atoms with Crippen molar-refractivity contribution in [2.45, 2.75) is 63.2 Å². The van der Waals surface area contributed by atoms with Crippen LogP contribution >= 0.6 is 20.0 Å². The molecule has 2 aromatic rings. The first kappa shape index (κ1) is 30.9. The fraction of sp³-hybridized carbons (Fsp3) is 0.500. The van der Waals surface area contributed by atoms with E-state index in [1.165, 1.54) is 31.2 Å². The van der Waals surface area contributed by atoms with Gasteiger partial charge in [0, 0.05) is 6.20 Å². The van der Waals surface area contributed by atoms with Crippen molar-refractivity contribution in [2.24, 2.45) is 0 Å². The second kappa shape index (κ2) is 11.9. The minimum Gasteiger partial charge on any atom is -0.462 e. The number of aromatic nitrogens is 2. The molecule has 6 atom stereocenters. The maximum absolute atomic E-state index is 15.6. The molecule has 2 unspecified atom stereocenters. The highest BCUT2D eigenvalue weighted by Gasteiger charge is 2.73. The number of H-pyrrole nitrogens is 1. The summed E-state index contributed by atoms with van der Waals surface area (Å²) in [5, 5.41) is 12.7. The van der Waals surface area contributed by atoms with Crippen molar-refractivity contribution in [3.05, 3.63) is 57.7 Å². The summed E-state index contributed by atoms with van der Waals surface area (Å²) in [6.07, 6.45) is -13.2. The summed E-state index contributed by atoms with van der Waals surface area (Å²) in [6, 6.07) is 7.17. The number of nitrogens with zero attached hydrogens (tertiary/aromatic N) is 1. The Labute approximate surface area is 224 Å². The number of rotatable bonds is 10. The smallest absolute Gasteiger partial charge is 0.459 e. The summed E-state index contributed by atoms with van der Waals surface area (Å²) in [4.78, 5) is 26.5. The normalized spacial score (nSPS) is 25.7. The van der Waals surface area contributed by atoms with Crippen LogP contribution in [0.25, 0.3) is 0 Å². The van der Waals surface area contributed by atoms with Crippen LogP contribution in [-0.4, -0.2) is 63.4 Å². The van der Waals surface area contributed by atoms with E-state index in [4.69, 9.17) is 30.7 Å². The van der Waals surface area contributed by atoms with Gasteiger partial charge in [-0.05, 0) is 39.0 Å². The van der Waals surface area contributed by atoms with Crippen LogP contribution in [0.1, 0.15) is 27.0 Å². The molecular formula is C22H26F4N3O8PS. The van der Waals surface area contributed by atoms with Crippen LogP contribution in [0.15, 0.2) is 47.4 Å². The van der Waals surface area contributed by atoms with Crippen LogP contribution in [-0.2, 0) is 23.4 Å². The summed E-state index contributed by atoms with van der Waals surface area (Å²) in [7, 11) is -4.60. The molecule has 1 saturated heterocycles. The fourth-order valence-corrected chi connectivity index (χ4v) is 5.23. The number of carbonyl (C=O) groups is 1. The number of aliphatic hydroxyl groups is 1. The number of halogens is 4. The molecule has 1 aliphatic heterocycles. The van der Waals surface area contributed by atoms with E-state index >= 15 is 4.39 Å². The number of hydrogen-bond donors (Lipinski definition) is 3. The van der Waals surface area contributed by atoms with Crippen molar-refractivity contribution >= 4 is 25.9 Å². The molecule has 0 amide bonds. The Morgan fingerprint density at radius 2 is 1.92 bits per heavy atom. The van der Waals surface area contributed by atoms with E-state index in [9.17, 15) is 32.4 Å². The molecule has 3 rings (SSSR count). The van der Waals surface area contributed by atoms with Gasteiger partial charge in [0.1, 0.15) is 28.6 Å². The highest BCUT2D eigenvalue weighted by atomic mass is 32.1. The average Bonchev–Trinajstić information content (AvgIpc) is 3.09. The molecule has 0 radical (unpaired) electrons. The molecule has 216 valence electrons. The number of aromatic amines is 1. The van der Waals surface area contributed by atoms with E-state index in [0.717, 1.165) is 12.3 Å². The number of carbonyl (C=O) groups excluding carboxylic acids is 1. The number of alkyl halides is 4. The molecule has 39 heavy (non-hydrogen) atoms. The zero-order chi connectivity index (χ0) is 29.2. The largest absolute Gasteiger partial charge is 0.462 e. The topological polar surface area (TPSA) is 141 Å². The first-order valence-electron chi connectivity index (χ1n) is 11.5. The number of para-hydroxylation sites is 1. The highest BCUT2D eigenvalue weighted by Crippen LogP contribution is 2.52. The lowest BCUT2D eigenvalue weighted by Crippen LogP contribution is -2.55. The second-order valence-electron chi connectivity index (χ2n) is 8.79. The quantitative estimate of drug-likeness (QED) is 0.161. The predicted octanol–water partition coefficient (Wildman–Crippen LogP) is 3.57. The van der Waals surface area contributed by atoms with Gasteiger partial charge in [0.15, 0.2) is 6.23 Å². The van der Waals surface area contributed by atoms with Gasteiger partial charge in [-0.15, -0.1) is 0 Å². The van der Waals surface area contributed by atoms with E-state index in [0.29, 0.717) is 0 Å². The van der Waals surface area contributed by atoms with E-state index < -0.39 is 68.4 Å². The molecule has 0 spiro atoms. The molecule has 3 N–H and O–H groups in total. The van der Waals surface area contributed by atoms with Crippen LogP contribution < -0.4 is 15.3 Å². The van der Waals surface area contributed by atoms with Gasteiger partial charge in [0.2, 0.25) is 0 Å². The number of esters is 1. The van der Waals surface area contributed by atoms with Gasteiger partial charge in [-0.2, -0.15) is 18.3 Å². The maximum Gasteiger partial charge on any atom is 0.459 e. The fourth-order valence-electron chi connectivity index (χ4n) is 3.58. The van der Waals surface area contributed by atoms with E-state index in [1.54, 1.807) is 19.9 Å². The zero-order valence-electron chi connectivity index (χ0n) is 20.8. The molecule has 0 aliphatic carbocycles. The van der Waals surface area contributed by atoms with E-state index in [1.807, 2.05) is 4.98 Å². The van der Waals surface area contributed by atoms with Gasteiger partial charge < -0.3 is 19.1 Å². The average molecular weight is 599 g/mol. The Bertz CT molecular complexity index is 1320. The maximum atomic E-state index is 15.6. The first-order valence-corrected chi connectivity index (χ1v) is 13.4. The molecular weight excluding hydrogens is 573 g/mol. The van der Waals surface area contributed by atoms with Crippen molar-refractivity contribution < 1.29 is 50.5 Å². The SMILES string of the molecule is CC(C)OC(=O)[C@H](C)NP(=O)(OC[C@H]1O[C@@H](n2ccc(=S)[nH]c2=O)[C@@](F)(C(F)(F)F)C1O)Oc1ccccc1. The third-order valence-corrected chi connectivity index (χ3v) is 7.30. The third-order valence-electron chi connectivity index (χ3n) is 5.42. The van der Waals surface area contributed by atoms with Crippen LogP contribution in [0, 0.1) is 4.64 Å². The molecule has 1 fully saturated rings. The summed E-state index contributed by atoms with van der Waals surface area (Å²) in [5.41, 5.74) is -5.71. The molecule has 17 heteroatoms. The van der Waals surface area contributed by atoms with Gasteiger partial charge in [-0.1, -0.05) is 30.4 Å².